The van der Waals surface area contributed by atoms with Crippen molar-refractivity contribution in [1.82, 2.24) is 0 Å². The maximum Gasteiger partial charge on any atom is 0.187 e. The number of rotatable bonds is 1. The van der Waals surface area contributed by atoms with Gasteiger partial charge in [-0.1, -0.05) is 41.5 Å². The molecule has 1 aliphatic heterocycles. The summed E-state index contributed by atoms with van der Waals surface area (Å²) in [4.78, 5) is 19.5. The summed E-state index contributed by atoms with van der Waals surface area (Å²) in [6, 6.07) is 7.68. The van der Waals surface area contributed by atoms with Crippen LogP contribution < -0.4 is 5.19 Å². The molecule has 0 saturated carbocycles. The lowest BCUT2D eigenvalue weighted by atomic mass is 10.0. The van der Waals surface area contributed by atoms with Gasteiger partial charge in [-0.25, -0.2) is 4.99 Å². The van der Waals surface area contributed by atoms with Gasteiger partial charge in [-0.05, 0) is 102 Å². The number of aliphatic imine (C=N–C) groups is 1. The average molecular weight is 673 g/mol. The zero-order valence-corrected chi connectivity index (χ0v) is 24.6. The van der Waals surface area contributed by atoms with Crippen molar-refractivity contribution < 1.29 is 9.90 Å². The predicted octanol–water partition coefficient (Wildman–Crippen LogP) is 7.14. The maximum atomic E-state index is 13.5. The van der Waals surface area contributed by atoms with E-state index in [0.29, 0.717) is 0 Å². The van der Waals surface area contributed by atoms with Crippen molar-refractivity contribution in [2.24, 2.45) is 4.99 Å². The summed E-state index contributed by atoms with van der Waals surface area (Å²) in [5.74, 6) is 0.305. The van der Waals surface area contributed by atoms with Crippen LogP contribution in [0.15, 0.2) is 46.6 Å². The number of phenolic OH excluding ortho intramolecular Hbond substituents is 1. The Hall–Kier alpha value is -0.783. The van der Waals surface area contributed by atoms with E-state index in [-0.39, 0.29) is 21.6 Å². The fraction of sp³-hybridized carbons (Fsp3) is 0.333. The van der Waals surface area contributed by atoms with Crippen LogP contribution in [0.3, 0.4) is 0 Å². The molecule has 1 aromatic heterocycles. The van der Waals surface area contributed by atoms with E-state index >= 15 is 0 Å². The van der Waals surface area contributed by atoms with Crippen LogP contribution in [0.5, 0.6) is 5.75 Å². The van der Waals surface area contributed by atoms with Gasteiger partial charge in [-0.2, -0.15) is 0 Å². The molecule has 7 heteroatoms. The second-order valence-electron chi connectivity index (χ2n) is 10.1. The van der Waals surface area contributed by atoms with Crippen molar-refractivity contribution in [1.29, 1.82) is 0 Å². The molecule has 31 heavy (non-hydrogen) atoms. The first kappa shape index (κ1) is 23.4. The average Bonchev–Trinajstić information content (AvgIpc) is 2.96. The largest absolute Gasteiger partial charge is 0.508 e. The molecule has 0 amide bonds. The molecule has 2 aliphatic rings. The molecule has 162 valence electrons. The summed E-state index contributed by atoms with van der Waals surface area (Å²) in [6.07, 6.45) is 3.58. The molecule has 3 nitrogen and oxygen atoms in total. The number of thiophene rings is 1. The van der Waals surface area contributed by atoms with Gasteiger partial charge in [0.15, 0.2) is 5.78 Å². The number of carbonyl (C=O) groups is 1. The van der Waals surface area contributed by atoms with E-state index in [2.05, 4.69) is 92.8 Å². The van der Waals surface area contributed by atoms with Crippen LogP contribution in [0.4, 0.5) is 5.69 Å². The first-order valence-electron chi connectivity index (χ1n) is 10.1. The van der Waals surface area contributed by atoms with Gasteiger partial charge in [0.25, 0.3) is 0 Å². The second kappa shape index (κ2) is 7.63. The molecule has 2 heterocycles. The Kier molecular flexibility index (Phi) is 5.75. The number of benzene rings is 1. The summed E-state index contributed by atoms with van der Waals surface area (Å²) < 4.78 is 2.36. The fourth-order valence-electron chi connectivity index (χ4n) is 5.63. The van der Waals surface area contributed by atoms with Crippen LogP contribution in [-0.4, -0.2) is 24.7 Å². The number of ketones is 1. The number of hydrogen-bond donors (Lipinski definition) is 1. The fourth-order valence-corrected chi connectivity index (χ4v) is 16.0. The van der Waals surface area contributed by atoms with Gasteiger partial charge in [0, 0.05) is 14.0 Å². The summed E-state index contributed by atoms with van der Waals surface area (Å²) in [5, 5.41) is 12.5. The number of allylic oxidation sites excluding steroid dienone is 4. The number of phenols is 1. The van der Waals surface area contributed by atoms with Gasteiger partial charge in [0.1, 0.15) is 13.8 Å². The Morgan fingerprint density at radius 2 is 1.65 bits per heavy atom. The SMILES string of the molecule is CC(C)(C)[Si]1(C(C)(C)C)C2=C(c3cc(I)c(I)s3)C(=O)C=CC2=Nc2ccc(O)cc21. The van der Waals surface area contributed by atoms with E-state index in [9.17, 15) is 9.90 Å². The molecule has 0 bridgehead atoms. The normalized spacial score (nSPS) is 18.1. The van der Waals surface area contributed by atoms with Crippen LogP contribution in [0.1, 0.15) is 46.4 Å². The number of halogens is 2. The smallest absolute Gasteiger partial charge is 0.187 e. The van der Waals surface area contributed by atoms with E-state index in [4.69, 9.17) is 4.99 Å². The first-order valence-corrected chi connectivity index (χ1v) is 15.1. The molecule has 0 unspecified atom stereocenters. The molecule has 1 N–H and O–H groups in total. The van der Waals surface area contributed by atoms with Crippen molar-refractivity contribution in [3.8, 4) is 5.75 Å². The number of fused-ring (bicyclic) bond motifs is 2. The van der Waals surface area contributed by atoms with Crippen molar-refractivity contribution in [2.75, 3.05) is 0 Å². The lowest BCUT2D eigenvalue weighted by molar-refractivity contribution is -0.109. The minimum absolute atomic E-state index is 0.0528. The molecule has 1 aliphatic carbocycles. The zero-order valence-electron chi connectivity index (χ0n) is 18.4. The molecule has 0 spiro atoms. The molecule has 4 rings (SSSR count). The minimum atomic E-state index is -2.68. The van der Waals surface area contributed by atoms with E-state index in [0.717, 1.165) is 32.2 Å². The monoisotopic (exact) mass is 673 g/mol. The van der Waals surface area contributed by atoms with Gasteiger partial charge in [-0.15, -0.1) is 11.3 Å². The molecule has 2 aromatic rings. The van der Waals surface area contributed by atoms with Crippen molar-refractivity contribution in [2.45, 2.75) is 51.6 Å². The van der Waals surface area contributed by atoms with Gasteiger partial charge in [0.2, 0.25) is 0 Å². The summed E-state index contributed by atoms with van der Waals surface area (Å²) in [7, 11) is -2.68. The van der Waals surface area contributed by atoms with Crippen molar-refractivity contribution in [3.05, 3.63) is 52.9 Å². The molecule has 0 fully saturated rings. The van der Waals surface area contributed by atoms with E-state index in [1.807, 2.05) is 18.2 Å². The molecular formula is C24H25I2NO2SSi. The first-order chi connectivity index (χ1) is 14.3. The van der Waals surface area contributed by atoms with Gasteiger partial charge in [-0.3, -0.25) is 4.79 Å². The van der Waals surface area contributed by atoms with Gasteiger partial charge >= 0.3 is 0 Å². The topological polar surface area (TPSA) is 49.7 Å². The molecular weight excluding hydrogens is 648 g/mol. The van der Waals surface area contributed by atoms with Crippen molar-refractivity contribution in [3.63, 3.8) is 0 Å². The highest BCUT2D eigenvalue weighted by Crippen LogP contribution is 2.59. The highest BCUT2D eigenvalue weighted by Gasteiger charge is 2.61. The van der Waals surface area contributed by atoms with E-state index in [1.54, 1.807) is 23.5 Å². The van der Waals surface area contributed by atoms with E-state index < -0.39 is 8.07 Å². The summed E-state index contributed by atoms with van der Waals surface area (Å²) in [5.41, 5.74) is 2.63. The number of carbonyl (C=O) groups excluding carboxylic acids is 1. The second-order valence-corrected chi connectivity index (χ2v) is 19.7. The van der Waals surface area contributed by atoms with Crippen LogP contribution in [0.2, 0.25) is 10.1 Å². The zero-order chi connectivity index (χ0) is 22.9. The minimum Gasteiger partial charge on any atom is -0.508 e. The van der Waals surface area contributed by atoms with Crippen LogP contribution in [-0.2, 0) is 4.79 Å². The third kappa shape index (κ3) is 3.45. The lowest BCUT2D eigenvalue weighted by Crippen LogP contribution is -2.66. The highest BCUT2D eigenvalue weighted by molar-refractivity contribution is 14.1. The van der Waals surface area contributed by atoms with E-state index in [1.165, 1.54) is 6.45 Å². The van der Waals surface area contributed by atoms with Crippen molar-refractivity contribution >= 4 is 92.5 Å². The van der Waals surface area contributed by atoms with Crippen LogP contribution in [0.25, 0.3) is 5.57 Å². The molecule has 0 atom stereocenters. The van der Waals surface area contributed by atoms with Crippen LogP contribution in [0, 0.1) is 6.45 Å². The molecule has 1 aromatic carbocycles. The number of nitrogens with zero attached hydrogens (tertiary/aromatic N) is 1. The standard InChI is InChI=1S/C24H25I2NO2SSi/c1-23(2,3)31(24(4,5)6)19-11-13(28)7-8-15(19)27-16-9-10-17(29)20(21(16)31)18-12-14(25)22(26)30-18/h7-12,28H,1-6H3. The quantitative estimate of drug-likeness (QED) is 0.199. The Balaban J connectivity index is 2.26. The lowest BCUT2D eigenvalue weighted by Gasteiger charge is -2.56. The third-order valence-electron chi connectivity index (χ3n) is 6.29. The Morgan fingerprint density at radius 3 is 2.19 bits per heavy atom. The molecule has 0 radical (unpaired) electrons. The predicted molar refractivity (Wildman–Crippen MR) is 151 cm³/mol. The Morgan fingerprint density at radius 1 is 1.00 bits per heavy atom. The molecule has 0 saturated heterocycles. The Labute approximate surface area is 216 Å². The maximum absolute atomic E-state index is 13.5. The van der Waals surface area contributed by atoms with Gasteiger partial charge in [0.05, 0.1) is 14.3 Å². The highest BCUT2D eigenvalue weighted by atomic mass is 127. The van der Waals surface area contributed by atoms with Gasteiger partial charge < -0.3 is 5.11 Å². The van der Waals surface area contributed by atoms with Crippen LogP contribution >= 0.6 is 56.5 Å². The summed E-state index contributed by atoms with van der Waals surface area (Å²) >= 11 is 6.36. The summed E-state index contributed by atoms with van der Waals surface area (Å²) in [6.45, 7) is 13.7. The number of hydrogen-bond acceptors (Lipinski definition) is 4. The third-order valence-corrected chi connectivity index (χ3v) is 17.7. The Bertz CT molecular complexity index is 1180. The number of aromatic hydroxyl groups is 1.